The Balaban J connectivity index is 1.17. The van der Waals surface area contributed by atoms with E-state index in [2.05, 4.69) is 115 Å². The average Bonchev–Trinajstić information content (AvgIpc) is 3.66. The Kier molecular flexibility index (Phi) is 8.28. The molecule has 0 fully saturated rings. The minimum absolute atomic E-state index is 0.583. The monoisotopic (exact) mass is 721 g/mol. The summed E-state index contributed by atoms with van der Waals surface area (Å²) < 4.78 is 2.23. The van der Waals surface area contributed by atoms with Gasteiger partial charge in [-0.05, 0) is 52.6 Å². The van der Waals surface area contributed by atoms with Crippen LogP contribution in [-0.4, -0.2) is 24.9 Å². The Morgan fingerprint density at radius 2 is 0.691 bits per heavy atom. The second-order valence-electron chi connectivity index (χ2n) is 13.3. The summed E-state index contributed by atoms with van der Waals surface area (Å²) in [5.74, 6) is 2.46. The van der Waals surface area contributed by atoms with Gasteiger partial charge in [0.15, 0.2) is 23.3 Å². The zero-order valence-corrected chi connectivity index (χ0v) is 30.4. The predicted octanol–water partition coefficient (Wildman–Crippen LogP) is 12.7. The zero-order chi connectivity index (χ0) is 36.6. The maximum atomic E-state index is 5.42. The van der Waals surface area contributed by atoms with Gasteiger partial charge in [0.25, 0.3) is 0 Å². The highest BCUT2D eigenvalue weighted by Crippen LogP contribution is 2.42. The lowest BCUT2D eigenvalue weighted by Crippen LogP contribution is -2.00. The molecule has 0 radical (unpaired) electrons. The normalized spacial score (nSPS) is 11.3. The van der Waals surface area contributed by atoms with Crippen molar-refractivity contribution in [2.24, 2.45) is 0 Å². The molecule has 55 heavy (non-hydrogen) atoms. The molecule has 0 saturated heterocycles. The summed E-state index contributed by atoms with van der Waals surface area (Å²) in [6.07, 6.45) is 0. The average molecular weight is 722 g/mol. The second kappa shape index (κ2) is 14.0. The van der Waals surface area contributed by atoms with Crippen molar-refractivity contribution >= 4 is 31.6 Å². The largest absolute Gasteiger partial charge is 0.226 e. The van der Waals surface area contributed by atoms with Crippen LogP contribution in [0.3, 0.4) is 0 Å². The van der Waals surface area contributed by atoms with Crippen LogP contribution >= 0.6 is 11.3 Å². The van der Waals surface area contributed by atoms with Crippen molar-refractivity contribution in [3.05, 3.63) is 188 Å². The molecule has 3 aromatic heterocycles. The minimum Gasteiger partial charge on any atom is -0.226 e. The highest BCUT2D eigenvalue weighted by Gasteiger charge is 2.19. The molecule has 6 heteroatoms. The first-order valence-corrected chi connectivity index (χ1v) is 19.0. The Morgan fingerprint density at radius 1 is 0.291 bits per heavy atom. The number of aromatic nitrogens is 5. The Labute approximate surface area is 322 Å². The molecule has 0 spiro atoms. The first-order chi connectivity index (χ1) is 27.2. The number of nitrogens with zero attached hydrogens (tertiary/aromatic N) is 5. The number of thiophene rings is 1. The van der Waals surface area contributed by atoms with Crippen LogP contribution in [-0.2, 0) is 0 Å². The van der Waals surface area contributed by atoms with Crippen LogP contribution in [0.1, 0.15) is 0 Å². The summed E-state index contributed by atoms with van der Waals surface area (Å²) in [7, 11) is 0. The number of hydrogen-bond donors (Lipinski definition) is 0. The van der Waals surface area contributed by atoms with Crippen molar-refractivity contribution in [1.29, 1.82) is 0 Å². The molecular formula is C49H31N5S. The smallest absolute Gasteiger partial charge is 0.164 e. The lowest BCUT2D eigenvalue weighted by atomic mass is 9.94. The molecule has 0 unspecified atom stereocenters. The molecule has 0 aliphatic heterocycles. The van der Waals surface area contributed by atoms with E-state index in [9.17, 15) is 0 Å². The molecule has 0 amide bonds. The first kappa shape index (κ1) is 32.5. The van der Waals surface area contributed by atoms with Crippen molar-refractivity contribution in [3.8, 4) is 79.1 Å². The Bertz CT molecular complexity index is 2850. The van der Waals surface area contributed by atoms with E-state index in [4.69, 9.17) is 24.9 Å². The summed E-state index contributed by atoms with van der Waals surface area (Å²) in [5, 5.41) is 1.11. The molecule has 0 aliphatic carbocycles. The molecule has 0 saturated carbocycles. The van der Waals surface area contributed by atoms with E-state index in [1.165, 1.54) is 4.70 Å². The van der Waals surface area contributed by atoms with E-state index in [-0.39, 0.29) is 0 Å². The van der Waals surface area contributed by atoms with E-state index in [0.717, 1.165) is 71.4 Å². The van der Waals surface area contributed by atoms with Crippen LogP contribution in [0.25, 0.3) is 99.4 Å². The molecule has 7 aromatic carbocycles. The Morgan fingerprint density at radius 3 is 1.24 bits per heavy atom. The lowest BCUT2D eigenvalue weighted by molar-refractivity contribution is 1.07. The summed E-state index contributed by atoms with van der Waals surface area (Å²) in [4.78, 5) is 25.6. The highest BCUT2D eigenvalue weighted by atomic mass is 32.1. The fourth-order valence-electron chi connectivity index (χ4n) is 7.01. The Hall–Kier alpha value is -7.15. The van der Waals surface area contributed by atoms with Crippen LogP contribution < -0.4 is 0 Å². The van der Waals surface area contributed by atoms with Crippen LogP contribution in [0.2, 0.25) is 0 Å². The first-order valence-electron chi connectivity index (χ1n) is 18.2. The van der Waals surface area contributed by atoms with Crippen LogP contribution in [0.5, 0.6) is 0 Å². The summed E-state index contributed by atoms with van der Waals surface area (Å²) in [6, 6.07) is 64.7. The molecule has 5 nitrogen and oxygen atoms in total. The van der Waals surface area contributed by atoms with Gasteiger partial charge >= 0.3 is 0 Å². The SMILES string of the molecule is c1ccc(-c2cc(-c3ccccc3)cc(-c3nc(-c4cccc(-c5nc(-c6ccccc6)nc(-c6ccccc6)n5)c4)nc4c3sc3ccccc34)c2)cc1. The van der Waals surface area contributed by atoms with Gasteiger partial charge in [-0.1, -0.05) is 158 Å². The fraction of sp³-hybridized carbons (Fsp3) is 0. The summed E-state index contributed by atoms with van der Waals surface area (Å²) in [6.45, 7) is 0. The van der Waals surface area contributed by atoms with Gasteiger partial charge in [-0.25, -0.2) is 24.9 Å². The summed E-state index contributed by atoms with van der Waals surface area (Å²) in [5.41, 5.74) is 11.0. The van der Waals surface area contributed by atoms with Crippen molar-refractivity contribution < 1.29 is 0 Å². The quantitative estimate of drug-likeness (QED) is 0.164. The predicted molar refractivity (Wildman–Crippen MR) is 226 cm³/mol. The number of rotatable bonds is 7. The molecule has 3 heterocycles. The molecule has 258 valence electrons. The van der Waals surface area contributed by atoms with Gasteiger partial charge in [-0.2, -0.15) is 0 Å². The maximum absolute atomic E-state index is 5.42. The number of benzene rings is 7. The van der Waals surface area contributed by atoms with Gasteiger partial charge in [0, 0.05) is 37.9 Å². The standard InChI is InChI=1S/C49H31N5S/c1-5-16-32(17-6-1)38-29-39(33-18-7-2-8-19-33)31-40(30-38)43-45-44(41-26-13-14-27-42(41)55-45)51-48(50-43)36-24-15-25-37(28-36)49-53-46(34-20-9-3-10-21-34)52-47(54-49)35-22-11-4-12-23-35/h1-31H. The highest BCUT2D eigenvalue weighted by molar-refractivity contribution is 7.26. The van der Waals surface area contributed by atoms with E-state index < -0.39 is 0 Å². The molecule has 0 atom stereocenters. The number of fused-ring (bicyclic) bond motifs is 3. The van der Waals surface area contributed by atoms with Gasteiger partial charge in [0.1, 0.15) is 0 Å². The molecule has 0 bridgehead atoms. The van der Waals surface area contributed by atoms with Gasteiger partial charge in [-0.15, -0.1) is 11.3 Å². The van der Waals surface area contributed by atoms with Crippen LogP contribution in [0.15, 0.2) is 188 Å². The third-order valence-corrected chi connectivity index (χ3v) is 10.9. The van der Waals surface area contributed by atoms with Crippen molar-refractivity contribution in [2.75, 3.05) is 0 Å². The zero-order valence-electron chi connectivity index (χ0n) is 29.5. The fourth-order valence-corrected chi connectivity index (χ4v) is 8.16. The second-order valence-corrected chi connectivity index (χ2v) is 14.4. The summed E-state index contributed by atoms with van der Waals surface area (Å²) >= 11 is 1.74. The topological polar surface area (TPSA) is 64.5 Å². The van der Waals surface area contributed by atoms with E-state index in [0.29, 0.717) is 23.3 Å². The van der Waals surface area contributed by atoms with E-state index >= 15 is 0 Å². The van der Waals surface area contributed by atoms with Gasteiger partial charge in [0.05, 0.1) is 15.9 Å². The molecule has 10 aromatic rings. The van der Waals surface area contributed by atoms with Crippen molar-refractivity contribution in [2.45, 2.75) is 0 Å². The van der Waals surface area contributed by atoms with E-state index in [1.54, 1.807) is 11.3 Å². The van der Waals surface area contributed by atoms with Crippen LogP contribution in [0.4, 0.5) is 0 Å². The van der Waals surface area contributed by atoms with Crippen molar-refractivity contribution in [3.63, 3.8) is 0 Å². The van der Waals surface area contributed by atoms with Crippen LogP contribution in [0, 0.1) is 0 Å². The number of hydrogen-bond acceptors (Lipinski definition) is 6. The molecular weight excluding hydrogens is 691 g/mol. The maximum Gasteiger partial charge on any atom is 0.164 e. The third kappa shape index (κ3) is 6.35. The lowest BCUT2D eigenvalue weighted by Gasteiger charge is -2.13. The van der Waals surface area contributed by atoms with Gasteiger partial charge in [0.2, 0.25) is 0 Å². The minimum atomic E-state index is 0.583. The van der Waals surface area contributed by atoms with Gasteiger partial charge in [-0.3, -0.25) is 0 Å². The third-order valence-electron chi connectivity index (χ3n) is 9.72. The van der Waals surface area contributed by atoms with E-state index in [1.807, 2.05) is 72.8 Å². The van der Waals surface area contributed by atoms with Crippen molar-refractivity contribution in [1.82, 2.24) is 24.9 Å². The molecule has 10 rings (SSSR count). The molecule has 0 aliphatic rings. The van der Waals surface area contributed by atoms with Gasteiger partial charge < -0.3 is 0 Å². The molecule has 0 N–H and O–H groups in total.